The molecule has 80 valence electrons. The van der Waals surface area contributed by atoms with Crippen LogP contribution in [0.4, 0.5) is 5.69 Å². The minimum Gasteiger partial charge on any atom is -0.493 e. The molecule has 1 aromatic carbocycles. The number of carboxylic acid groups (broad SMARTS) is 1. The van der Waals surface area contributed by atoms with Crippen LogP contribution in [0.5, 0.6) is 5.75 Å². The van der Waals surface area contributed by atoms with Gasteiger partial charge >= 0.3 is 5.97 Å². The molecular weight excluding hydrogens is 198 g/mol. The molecule has 15 heavy (non-hydrogen) atoms. The van der Waals surface area contributed by atoms with Gasteiger partial charge in [0.1, 0.15) is 11.3 Å². The third-order valence-electron chi connectivity index (χ3n) is 1.74. The molecule has 0 aliphatic carbocycles. The lowest BCUT2D eigenvalue weighted by Gasteiger charge is -2.08. The lowest BCUT2D eigenvalue weighted by Crippen LogP contribution is -2.04. The van der Waals surface area contributed by atoms with Crippen molar-refractivity contribution >= 4 is 18.1 Å². The van der Waals surface area contributed by atoms with Crippen molar-refractivity contribution in [3.05, 3.63) is 23.8 Å². The van der Waals surface area contributed by atoms with Crippen molar-refractivity contribution in [3.63, 3.8) is 0 Å². The largest absolute Gasteiger partial charge is 0.493 e. The summed E-state index contributed by atoms with van der Waals surface area (Å²) in [4.78, 5) is 21.0. The highest BCUT2D eigenvalue weighted by Gasteiger charge is 2.11. The van der Waals surface area contributed by atoms with Crippen molar-refractivity contribution in [2.45, 2.75) is 6.92 Å². The molecule has 0 heterocycles. The number of aromatic carboxylic acids is 1. The number of anilines is 1. The van der Waals surface area contributed by atoms with E-state index in [2.05, 4.69) is 5.32 Å². The summed E-state index contributed by atoms with van der Waals surface area (Å²) in [6.07, 6.45) is 0.487. The molecule has 0 saturated carbocycles. The zero-order chi connectivity index (χ0) is 11.3. The van der Waals surface area contributed by atoms with E-state index in [0.29, 0.717) is 24.5 Å². The molecule has 0 atom stereocenters. The molecule has 5 nitrogen and oxygen atoms in total. The number of carboxylic acids is 1. The van der Waals surface area contributed by atoms with Gasteiger partial charge in [-0.2, -0.15) is 0 Å². The molecule has 2 N–H and O–H groups in total. The summed E-state index contributed by atoms with van der Waals surface area (Å²) in [5.41, 5.74) is 0.453. The Morgan fingerprint density at radius 1 is 1.60 bits per heavy atom. The van der Waals surface area contributed by atoms with E-state index >= 15 is 0 Å². The highest BCUT2D eigenvalue weighted by molar-refractivity contribution is 5.92. The van der Waals surface area contributed by atoms with Crippen molar-refractivity contribution in [3.8, 4) is 5.75 Å². The minimum absolute atomic E-state index is 0.0312. The molecule has 0 radical (unpaired) electrons. The lowest BCUT2D eigenvalue weighted by molar-refractivity contribution is -0.105. The van der Waals surface area contributed by atoms with E-state index in [-0.39, 0.29) is 5.56 Å². The van der Waals surface area contributed by atoms with E-state index in [4.69, 9.17) is 9.84 Å². The van der Waals surface area contributed by atoms with Crippen molar-refractivity contribution in [2.75, 3.05) is 11.9 Å². The smallest absolute Gasteiger partial charge is 0.339 e. The first-order chi connectivity index (χ1) is 7.19. The van der Waals surface area contributed by atoms with E-state index in [1.807, 2.05) is 0 Å². The van der Waals surface area contributed by atoms with Gasteiger partial charge in [0.05, 0.1) is 6.61 Å². The first-order valence-corrected chi connectivity index (χ1v) is 4.39. The van der Waals surface area contributed by atoms with Crippen LogP contribution in [0.3, 0.4) is 0 Å². The number of amides is 1. The monoisotopic (exact) mass is 209 g/mol. The summed E-state index contributed by atoms with van der Waals surface area (Å²) >= 11 is 0. The third-order valence-corrected chi connectivity index (χ3v) is 1.74. The molecule has 0 aromatic heterocycles. The lowest BCUT2D eigenvalue weighted by atomic mass is 10.2. The van der Waals surface area contributed by atoms with Crippen LogP contribution in [0, 0.1) is 0 Å². The van der Waals surface area contributed by atoms with E-state index < -0.39 is 5.97 Å². The SMILES string of the molecule is CCOc1ccc(NC=O)cc1C(=O)O. The molecule has 5 heteroatoms. The first-order valence-electron chi connectivity index (χ1n) is 4.39. The van der Waals surface area contributed by atoms with Gasteiger partial charge in [-0.25, -0.2) is 4.79 Å². The normalized spacial score (nSPS) is 9.40. The molecule has 0 aliphatic rings. The van der Waals surface area contributed by atoms with Crippen LogP contribution < -0.4 is 10.1 Å². The second-order valence-corrected chi connectivity index (χ2v) is 2.71. The Kier molecular flexibility index (Phi) is 3.68. The van der Waals surface area contributed by atoms with Crippen LogP contribution in [-0.2, 0) is 4.79 Å². The fourth-order valence-electron chi connectivity index (χ4n) is 1.14. The Hall–Kier alpha value is -2.04. The van der Waals surface area contributed by atoms with Gasteiger partial charge < -0.3 is 15.2 Å². The molecule has 0 spiro atoms. The first kappa shape index (κ1) is 11.0. The van der Waals surface area contributed by atoms with E-state index in [9.17, 15) is 9.59 Å². The summed E-state index contributed by atoms with van der Waals surface area (Å²) in [6, 6.07) is 4.44. The second kappa shape index (κ2) is 4.99. The van der Waals surface area contributed by atoms with Crippen molar-refractivity contribution < 1.29 is 19.4 Å². The maximum Gasteiger partial charge on any atom is 0.339 e. The van der Waals surface area contributed by atoms with Crippen molar-refractivity contribution in [1.29, 1.82) is 0 Å². The number of carbonyl (C=O) groups is 2. The minimum atomic E-state index is -1.09. The van der Waals surface area contributed by atoms with Gasteiger partial charge in [0.25, 0.3) is 0 Å². The van der Waals surface area contributed by atoms with E-state index in [1.54, 1.807) is 13.0 Å². The number of hydrogen-bond donors (Lipinski definition) is 2. The number of hydrogen-bond acceptors (Lipinski definition) is 3. The van der Waals surface area contributed by atoms with Crippen LogP contribution in [-0.4, -0.2) is 24.1 Å². The van der Waals surface area contributed by atoms with Crippen LogP contribution in [0.1, 0.15) is 17.3 Å². The fourth-order valence-corrected chi connectivity index (χ4v) is 1.14. The van der Waals surface area contributed by atoms with Gasteiger partial charge in [-0.1, -0.05) is 0 Å². The topological polar surface area (TPSA) is 75.6 Å². The Morgan fingerprint density at radius 3 is 2.87 bits per heavy atom. The summed E-state index contributed by atoms with van der Waals surface area (Å²) in [5.74, 6) is -0.797. The number of benzene rings is 1. The van der Waals surface area contributed by atoms with Gasteiger partial charge in [0, 0.05) is 5.69 Å². The molecule has 1 aromatic rings. The van der Waals surface area contributed by atoms with Crippen LogP contribution in [0.15, 0.2) is 18.2 Å². The Bertz CT molecular complexity index is 376. The zero-order valence-corrected chi connectivity index (χ0v) is 8.19. The molecule has 0 saturated heterocycles. The Balaban J connectivity index is 3.08. The Morgan fingerprint density at radius 2 is 2.33 bits per heavy atom. The van der Waals surface area contributed by atoms with Crippen molar-refractivity contribution in [1.82, 2.24) is 0 Å². The average molecular weight is 209 g/mol. The molecule has 0 aliphatic heterocycles. The van der Waals surface area contributed by atoms with E-state index in [0.717, 1.165) is 0 Å². The molecular formula is C10H11NO4. The van der Waals surface area contributed by atoms with Crippen LogP contribution in [0.25, 0.3) is 0 Å². The van der Waals surface area contributed by atoms with Crippen LogP contribution >= 0.6 is 0 Å². The average Bonchev–Trinajstić information content (AvgIpc) is 2.21. The zero-order valence-electron chi connectivity index (χ0n) is 8.19. The second-order valence-electron chi connectivity index (χ2n) is 2.71. The molecule has 1 amide bonds. The number of rotatable bonds is 5. The van der Waals surface area contributed by atoms with Gasteiger partial charge in [-0.05, 0) is 25.1 Å². The highest BCUT2D eigenvalue weighted by Crippen LogP contribution is 2.22. The third kappa shape index (κ3) is 2.70. The summed E-state index contributed by atoms with van der Waals surface area (Å²) in [5, 5.41) is 11.3. The van der Waals surface area contributed by atoms with Gasteiger partial charge in [0.2, 0.25) is 6.41 Å². The maximum absolute atomic E-state index is 10.9. The highest BCUT2D eigenvalue weighted by atomic mass is 16.5. The molecule has 1 rings (SSSR count). The van der Waals surface area contributed by atoms with Crippen molar-refractivity contribution in [2.24, 2.45) is 0 Å². The van der Waals surface area contributed by atoms with Gasteiger partial charge in [-0.15, -0.1) is 0 Å². The fraction of sp³-hybridized carbons (Fsp3) is 0.200. The molecule has 0 unspecified atom stereocenters. The predicted octanol–water partition coefficient (Wildman–Crippen LogP) is 1.35. The maximum atomic E-state index is 10.9. The molecule has 0 fully saturated rings. The number of carbonyl (C=O) groups excluding carboxylic acids is 1. The summed E-state index contributed by atoms with van der Waals surface area (Å²) < 4.78 is 5.13. The van der Waals surface area contributed by atoms with Crippen LogP contribution in [0.2, 0.25) is 0 Å². The quantitative estimate of drug-likeness (QED) is 0.718. The van der Waals surface area contributed by atoms with Gasteiger partial charge in [-0.3, -0.25) is 4.79 Å². The number of ether oxygens (including phenoxy) is 1. The van der Waals surface area contributed by atoms with E-state index in [1.165, 1.54) is 12.1 Å². The summed E-state index contributed by atoms with van der Waals surface area (Å²) in [7, 11) is 0. The predicted molar refractivity (Wildman–Crippen MR) is 54.3 cm³/mol. The summed E-state index contributed by atoms with van der Waals surface area (Å²) in [6.45, 7) is 2.16. The molecule has 0 bridgehead atoms. The Labute approximate surface area is 86.7 Å². The standard InChI is InChI=1S/C10H11NO4/c1-2-15-9-4-3-7(11-6-12)5-8(9)10(13)14/h3-6H,2H2,1H3,(H,11,12)(H,13,14). The number of nitrogens with one attached hydrogen (secondary N) is 1. The van der Waals surface area contributed by atoms with Gasteiger partial charge in [0.15, 0.2) is 0 Å².